The smallest absolute Gasteiger partial charge is 0.327 e. The van der Waals surface area contributed by atoms with Crippen molar-refractivity contribution in [2.75, 3.05) is 5.75 Å². The molecule has 1 aliphatic rings. The monoisotopic (exact) mass is 305 g/mol. The van der Waals surface area contributed by atoms with Crippen LogP contribution >= 0.6 is 11.8 Å². The SMILES string of the molecule is CC1SCC(C(=O)O)N1C(=O)Cn1cnc2ccccc21. The first-order chi connectivity index (χ1) is 10.1. The van der Waals surface area contributed by atoms with E-state index in [0.29, 0.717) is 5.75 Å². The fourth-order valence-electron chi connectivity index (χ4n) is 2.57. The summed E-state index contributed by atoms with van der Waals surface area (Å²) in [4.78, 5) is 29.4. The summed E-state index contributed by atoms with van der Waals surface area (Å²) in [6.45, 7) is 1.96. The average Bonchev–Trinajstić information content (AvgIpc) is 3.03. The Kier molecular flexibility index (Phi) is 3.59. The van der Waals surface area contributed by atoms with Crippen LogP contribution in [0.1, 0.15) is 6.92 Å². The molecule has 110 valence electrons. The van der Waals surface area contributed by atoms with Crippen LogP contribution in [0.2, 0.25) is 0 Å². The van der Waals surface area contributed by atoms with Gasteiger partial charge in [-0.05, 0) is 19.1 Å². The number of aliphatic carboxylic acids is 1. The van der Waals surface area contributed by atoms with Gasteiger partial charge in [-0.25, -0.2) is 9.78 Å². The molecule has 6 nitrogen and oxygen atoms in total. The molecule has 1 amide bonds. The molecule has 1 aromatic carbocycles. The van der Waals surface area contributed by atoms with E-state index < -0.39 is 12.0 Å². The van der Waals surface area contributed by atoms with E-state index in [4.69, 9.17) is 0 Å². The van der Waals surface area contributed by atoms with Gasteiger partial charge in [0.25, 0.3) is 0 Å². The predicted octanol–water partition coefficient (Wildman–Crippen LogP) is 1.41. The van der Waals surface area contributed by atoms with Crippen molar-refractivity contribution < 1.29 is 14.7 Å². The molecule has 3 rings (SSSR count). The van der Waals surface area contributed by atoms with Crippen LogP contribution in [0.15, 0.2) is 30.6 Å². The number of hydrogen-bond donors (Lipinski definition) is 1. The van der Waals surface area contributed by atoms with Gasteiger partial charge in [-0.15, -0.1) is 11.8 Å². The number of carbonyl (C=O) groups is 2. The summed E-state index contributed by atoms with van der Waals surface area (Å²) in [7, 11) is 0. The maximum atomic E-state index is 12.5. The van der Waals surface area contributed by atoms with Gasteiger partial charge < -0.3 is 14.6 Å². The molecule has 2 heterocycles. The Balaban J connectivity index is 1.84. The Hall–Kier alpha value is -2.02. The molecule has 1 fully saturated rings. The van der Waals surface area contributed by atoms with Gasteiger partial charge in [0.15, 0.2) is 0 Å². The maximum Gasteiger partial charge on any atom is 0.327 e. The van der Waals surface area contributed by atoms with Crippen molar-refractivity contribution >= 4 is 34.7 Å². The highest BCUT2D eigenvalue weighted by Gasteiger charge is 2.39. The number of hydrogen-bond acceptors (Lipinski definition) is 4. The van der Waals surface area contributed by atoms with Crippen molar-refractivity contribution in [2.45, 2.75) is 24.9 Å². The van der Waals surface area contributed by atoms with Crippen LogP contribution in [0.3, 0.4) is 0 Å². The number of imidazole rings is 1. The van der Waals surface area contributed by atoms with E-state index in [1.165, 1.54) is 16.7 Å². The number of benzene rings is 1. The van der Waals surface area contributed by atoms with Crippen LogP contribution in [0, 0.1) is 0 Å². The number of amides is 1. The van der Waals surface area contributed by atoms with Crippen LogP contribution in [0.25, 0.3) is 11.0 Å². The first kappa shape index (κ1) is 13.9. The van der Waals surface area contributed by atoms with Crippen LogP contribution in [0.5, 0.6) is 0 Å². The number of carbonyl (C=O) groups excluding carboxylic acids is 1. The highest BCUT2D eigenvalue weighted by molar-refractivity contribution is 8.00. The van der Waals surface area contributed by atoms with Gasteiger partial charge in [-0.2, -0.15) is 0 Å². The summed E-state index contributed by atoms with van der Waals surface area (Å²) in [5.41, 5.74) is 1.70. The first-order valence-electron chi connectivity index (χ1n) is 6.63. The summed E-state index contributed by atoms with van der Waals surface area (Å²) in [6, 6.07) is 6.81. The van der Waals surface area contributed by atoms with Crippen molar-refractivity contribution in [1.29, 1.82) is 0 Å². The molecule has 0 saturated carbocycles. The largest absolute Gasteiger partial charge is 0.480 e. The van der Waals surface area contributed by atoms with Crippen LogP contribution < -0.4 is 0 Å². The standard InChI is InChI=1S/C14H15N3O3S/c1-9-17(12(7-21-9)14(19)20)13(18)6-16-8-15-10-4-2-3-5-11(10)16/h2-5,8-9,12H,6-7H2,1H3,(H,19,20). The van der Waals surface area contributed by atoms with E-state index in [0.717, 1.165) is 11.0 Å². The van der Waals surface area contributed by atoms with E-state index >= 15 is 0 Å². The van der Waals surface area contributed by atoms with E-state index in [1.54, 1.807) is 10.9 Å². The number of aromatic nitrogens is 2. The molecule has 1 aromatic heterocycles. The highest BCUT2D eigenvalue weighted by atomic mass is 32.2. The fraction of sp³-hybridized carbons (Fsp3) is 0.357. The van der Waals surface area contributed by atoms with Gasteiger partial charge in [0.05, 0.1) is 22.7 Å². The van der Waals surface area contributed by atoms with E-state index in [-0.39, 0.29) is 17.8 Å². The quantitative estimate of drug-likeness (QED) is 0.928. The normalized spacial score (nSPS) is 21.9. The first-order valence-corrected chi connectivity index (χ1v) is 7.68. The van der Waals surface area contributed by atoms with Gasteiger partial charge in [-0.3, -0.25) is 4.79 Å². The molecule has 0 bridgehead atoms. The van der Waals surface area contributed by atoms with Gasteiger partial charge >= 0.3 is 5.97 Å². The Morgan fingerprint density at radius 3 is 2.95 bits per heavy atom. The molecular weight excluding hydrogens is 290 g/mol. The van der Waals surface area contributed by atoms with Crippen molar-refractivity contribution in [2.24, 2.45) is 0 Å². The molecule has 0 spiro atoms. The third kappa shape index (κ3) is 2.49. The zero-order chi connectivity index (χ0) is 15.0. The van der Waals surface area contributed by atoms with Gasteiger partial charge in [0, 0.05) is 5.75 Å². The third-order valence-electron chi connectivity index (χ3n) is 3.63. The van der Waals surface area contributed by atoms with Crippen LogP contribution in [-0.4, -0.2) is 48.6 Å². The summed E-state index contributed by atoms with van der Waals surface area (Å²) in [5, 5.41) is 9.10. The maximum absolute atomic E-state index is 12.5. The minimum Gasteiger partial charge on any atom is -0.480 e. The number of rotatable bonds is 3. The molecule has 2 atom stereocenters. The number of carboxylic acids is 1. The molecule has 1 saturated heterocycles. The Morgan fingerprint density at radius 1 is 1.43 bits per heavy atom. The lowest BCUT2D eigenvalue weighted by Crippen LogP contribution is -2.46. The second-order valence-corrected chi connectivity index (χ2v) is 6.30. The highest BCUT2D eigenvalue weighted by Crippen LogP contribution is 2.29. The lowest BCUT2D eigenvalue weighted by atomic mass is 10.2. The Labute approximate surface area is 125 Å². The predicted molar refractivity (Wildman–Crippen MR) is 79.9 cm³/mol. The number of thioether (sulfide) groups is 1. The second-order valence-electron chi connectivity index (χ2n) is 4.95. The minimum atomic E-state index is -0.948. The van der Waals surface area contributed by atoms with Crippen molar-refractivity contribution in [3.8, 4) is 0 Å². The van der Waals surface area contributed by atoms with E-state index in [2.05, 4.69) is 4.98 Å². The number of carboxylic acid groups (broad SMARTS) is 1. The molecule has 7 heteroatoms. The molecule has 0 radical (unpaired) electrons. The number of para-hydroxylation sites is 2. The van der Waals surface area contributed by atoms with Crippen LogP contribution in [-0.2, 0) is 16.1 Å². The molecule has 0 aliphatic carbocycles. The zero-order valence-electron chi connectivity index (χ0n) is 11.5. The van der Waals surface area contributed by atoms with Crippen molar-refractivity contribution in [1.82, 2.24) is 14.5 Å². The lowest BCUT2D eigenvalue weighted by Gasteiger charge is -2.25. The zero-order valence-corrected chi connectivity index (χ0v) is 12.3. The Bertz CT molecular complexity index is 700. The summed E-state index contributed by atoms with van der Waals surface area (Å²) in [6.07, 6.45) is 1.62. The summed E-state index contributed by atoms with van der Waals surface area (Å²) < 4.78 is 1.76. The topological polar surface area (TPSA) is 75.4 Å². The van der Waals surface area contributed by atoms with Crippen LogP contribution in [0.4, 0.5) is 0 Å². The van der Waals surface area contributed by atoms with Crippen molar-refractivity contribution in [3.63, 3.8) is 0 Å². The van der Waals surface area contributed by atoms with E-state index in [9.17, 15) is 14.7 Å². The molecule has 1 aliphatic heterocycles. The second kappa shape index (κ2) is 5.40. The molecular formula is C14H15N3O3S. The summed E-state index contributed by atoms with van der Waals surface area (Å²) in [5.74, 6) is -0.703. The number of nitrogens with zero attached hydrogens (tertiary/aromatic N) is 3. The average molecular weight is 305 g/mol. The van der Waals surface area contributed by atoms with Gasteiger partial charge in [0.1, 0.15) is 12.6 Å². The minimum absolute atomic E-state index is 0.106. The van der Waals surface area contributed by atoms with Gasteiger partial charge in [-0.1, -0.05) is 12.1 Å². The molecule has 21 heavy (non-hydrogen) atoms. The molecule has 2 aromatic rings. The lowest BCUT2D eigenvalue weighted by molar-refractivity contribution is -0.149. The van der Waals surface area contributed by atoms with Gasteiger partial charge in [0.2, 0.25) is 5.91 Å². The molecule has 1 N–H and O–H groups in total. The third-order valence-corrected chi connectivity index (χ3v) is 4.85. The van der Waals surface area contributed by atoms with Crippen molar-refractivity contribution in [3.05, 3.63) is 30.6 Å². The number of fused-ring (bicyclic) bond motifs is 1. The van der Waals surface area contributed by atoms with E-state index in [1.807, 2.05) is 31.2 Å². The summed E-state index contributed by atoms with van der Waals surface area (Å²) >= 11 is 1.49. The fourth-order valence-corrected chi connectivity index (χ4v) is 3.76. The molecule has 2 unspecified atom stereocenters. The Morgan fingerprint density at radius 2 is 2.19 bits per heavy atom.